The molecule has 0 unspecified atom stereocenters. The second kappa shape index (κ2) is 7.16. The minimum atomic E-state index is -4.31. The third kappa shape index (κ3) is 3.27. The summed E-state index contributed by atoms with van der Waals surface area (Å²) in [6.45, 7) is 2.24. The summed E-state index contributed by atoms with van der Waals surface area (Å²) in [5.41, 5.74) is 4.24. The van der Waals surface area contributed by atoms with Crippen LogP contribution < -0.4 is 10.4 Å². The van der Waals surface area contributed by atoms with Gasteiger partial charge in [0.25, 0.3) is 0 Å². The van der Waals surface area contributed by atoms with Gasteiger partial charge in [-0.1, -0.05) is 66.6 Å². The molecule has 2 aliphatic carbocycles. The summed E-state index contributed by atoms with van der Waals surface area (Å²) in [5, 5.41) is 5.03. The summed E-state index contributed by atoms with van der Waals surface area (Å²) in [6, 6.07) is 16.0. The Morgan fingerprint density at radius 3 is 2.40 bits per heavy atom. The van der Waals surface area contributed by atoms with Gasteiger partial charge in [0.15, 0.2) is 0 Å². The van der Waals surface area contributed by atoms with Gasteiger partial charge in [-0.2, -0.15) is 13.2 Å². The lowest BCUT2D eigenvalue weighted by atomic mass is 9.78. The van der Waals surface area contributed by atoms with E-state index in [0.717, 1.165) is 54.3 Å². The third-order valence-electron chi connectivity index (χ3n) is 6.58. The molecular weight excluding hydrogens is 381 g/mol. The molecule has 1 atom stereocenters. The monoisotopic (exact) mass is 404 g/mol. The van der Waals surface area contributed by atoms with Gasteiger partial charge in [0, 0.05) is 5.92 Å². The van der Waals surface area contributed by atoms with Crippen LogP contribution in [-0.2, 0) is 6.18 Å². The molecule has 152 valence electrons. The van der Waals surface area contributed by atoms with E-state index in [-0.39, 0.29) is 0 Å². The average molecular weight is 404 g/mol. The minimum Gasteiger partial charge on any atom is -0.166 e. The highest BCUT2D eigenvalue weighted by Gasteiger charge is 2.30. The summed E-state index contributed by atoms with van der Waals surface area (Å²) < 4.78 is 38.5. The Bertz CT molecular complexity index is 1270. The van der Waals surface area contributed by atoms with Crippen LogP contribution in [0.2, 0.25) is 0 Å². The molecule has 2 aliphatic rings. The summed E-state index contributed by atoms with van der Waals surface area (Å²) in [7, 11) is 0. The number of allylic oxidation sites excluding steroid dienone is 2. The number of benzene rings is 3. The zero-order valence-electron chi connectivity index (χ0n) is 16.9. The van der Waals surface area contributed by atoms with Crippen LogP contribution in [0, 0.1) is 5.92 Å². The van der Waals surface area contributed by atoms with Crippen LogP contribution in [0.5, 0.6) is 0 Å². The highest BCUT2D eigenvalue weighted by molar-refractivity contribution is 5.89. The van der Waals surface area contributed by atoms with Crippen molar-refractivity contribution in [2.45, 2.75) is 38.8 Å². The first kappa shape index (κ1) is 19.2. The lowest BCUT2D eigenvalue weighted by molar-refractivity contribution is -0.137. The molecule has 3 heteroatoms. The highest BCUT2D eigenvalue weighted by atomic mass is 19.4. The van der Waals surface area contributed by atoms with Gasteiger partial charge in [-0.15, -0.1) is 0 Å². The molecular formula is C27H23F3. The van der Waals surface area contributed by atoms with E-state index in [2.05, 4.69) is 43.3 Å². The van der Waals surface area contributed by atoms with Gasteiger partial charge in [-0.3, -0.25) is 0 Å². The van der Waals surface area contributed by atoms with Crippen LogP contribution in [0.25, 0.3) is 33.5 Å². The Labute approximate surface area is 174 Å². The molecule has 0 saturated carbocycles. The molecule has 0 saturated heterocycles. The van der Waals surface area contributed by atoms with E-state index < -0.39 is 11.7 Å². The molecule has 0 radical (unpaired) electrons. The van der Waals surface area contributed by atoms with Crippen molar-refractivity contribution in [3.05, 3.63) is 82.2 Å². The van der Waals surface area contributed by atoms with Crippen molar-refractivity contribution >= 4 is 22.4 Å². The zero-order valence-corrected chi connectivity index (χ0v) is 16.9. The lowest BCUT2D eigenvalue weighted by Gasteiger charge is -2.26. The summed E-state index contributed by atoms with van der Waals surface area (Å²) >= 11 is 0. The van der Waals surface area contributed by atoms with E-state index in [0.29, 0.717) is 5.92 Å². The van der Waals surface area contributed by atoms with Gasteiger partial charge in [0.1, 0.15) is 0 Å². The van der Waals surface area contributed by atoms with Crippen molar-refractivity contribution < 1.29 is 13.2 Å². The Morgan fingerprint density at radius 2 is 1.67 bits per heavy atom. The molecule has 0 aliphatic heterocycles. The molecule has 0 bridgehead atoms. The van der Waals surface area contributed by atoms with Gasteiger partial charge < -0.3 is 0 Å². The van der Waals surface area contributed by atoms with Crippen LogP contribution in [0.4, 0.5) is 13.2 Å². The molecule has 0 spiro atoms. The molecule has 0 amide bonds. The maximum Gasteiger partial charge on any atom is 0.416 e. The van der Waals surface area contributed by atoms with Crippen molar-refractivity contribution in [1.29, 1.82) is 0 Å². The van der Waals surface area contributed by atoms with Gasteiger partial charge >= 0.3 is 6.18 Å². The third-order valence-corrected chi connectivity index (χ3v) is 6.58. The topological polar surface area (TPSA) is 0 Å². The minimum absolute atomic E-state index is 0.532. The maximum atomic E-state index is 12.8. The Balaban J connectivity index is 1.58. The number of hydrogen-bond donors (Lipinski definition) is 0. The van der Waals surface area contributed by atoms with Crippen LogP contribution in [0.3, 0.4) is 0 Å². The van der Waals surface area contributed by atoms with E-state index in [9.17, 15) is 13.2 Å². The highest BCUT2D eigenvalue weighted by Crippen LogP contribution is 2.34. The lowest BCUT2D eigenvalue weighted by Crippen LogP contribution is -2.34. The first-order valence-corrected chi connectivity index (χ1v) is 10.6. The molecule has 0 nitrogen and oxygen atoms in total. The van der Waals surface area contributed by atoms with E-state index in [1.807, 2.05) is 6.07 Å². The summed E-state index contributed by atoms with van der Waals surface area (Å²) in [6.07, 6.45) is 5.01. The standard InChI is InChI=1S/C27H23F3/c1-2-17-3-11-23-20(15-17)7-13-26-24-12-6-19(16-21(24)8-14-25(23)26)18-4-9-22(10-5-18)27(28,29)30/h4-6,8-10,12-16,20H,2-3,7,11H2,1H3/t20-/m0/s1. The predicted molar refractivity (Wildman–Crippen MR) is 117 cm³/mol. The van der Waals surface area contributed by atoms with E-state index >= 15 is 0 Å². The summed E-state index contributed by atoms with van der Waals surface area (Å²) in [4.78, 5) is 0. The Hall–Kier alpha value is -2.81. The number of fused-ring (bicyclic) bond motifs is 4. The van der Waals surface area contributed by atoms with Crippen LogP contribution in [0.1, 0.15) is 38.2 Å². The smallest absolute Gasteiger partial charge is 0.166 e. The zero-order chi connectivity index (χ0) is 20.9. The number of alkyl halides is 3. The fourth-order valence-corrected chi connectivity index (χ4v) is 4.92. The Kier molecular flexibility index (Phi) is 4.57. The van der Waals surface area contributed by atoms with E-state index in [4.69, 9.17) is 0 Å². The fraction of sp³-hybridized carbons (Fsp3) is 0.259. The van der Waals surface area contributed by atoms with Gasteiger partial charge in [0.2, 0.25) is 0 Å². The quantitative estimate of drug-likeness (QED) is 0.422. The van der Waals surface area contributed by atoms with E-state index in [1.165, 1.54) is 15.8 Å². The van der Waals surface area contributed by atoms with Gasteiger partial charge in [0.05, 0.1) is 5.56 Å². The predicted octanol–water partition coefficient (Wildman–Crippen LogP) is 6.61. The number of halogens is 3. The molecule has 3 aromatic carbocycles. The van der Waals surface area contributed by atoms with Crippen LogP contribution in [-0.4, -0.2) is 0 Å². The van der Waals surface area contributed by atoms with Crippen molar-refractivity contribution in [2.75, 3.05) is 0 Å². The maximum absolute atomic E-state index is 12.8. The SMILES string of the molecule is CCC1=C[C@@H]2CC=c3c(ccc4cc(-c5ccc(C(F)(F)F)cc5)ccc34)=C2CC1. The van der Waals surface area contributed by atoms with Crippen molar-refractivity contribution in [3.63, 3.8) is 0 Å². The molecule has 30 heavy (non-hydrogen) atoms. The average Bonchev–Trinajstić information content (AvgIpc) is 2.77. The molecule has 0 aromatic heterocycles. The molecule has 5 rings (SSSR count). The second-order valence-electron chi connectivity index (χ2n) is 8.29. The number of hydrogen-bond acceptors (Lipinski definition) is 0. The van der Waals surface area contributed by atoms with Crippen LogP contribution >= 0.6 is 0 Å². The largest absolute Gasteiger partial charge is 0.416 e. The molecule has 0 fully saturated rings. The van der Waals surface area contributed by atoms with Crippen LogP contribution in [0.15, 0.2) is 66.2 Å². The number of rotatable bonds is 2. The molecule has 0 N–H and O–H groups in total. The van der Waals surface area contributed by atoms with Gasteiger partial charge in [-0.25, -0.2) is 0 Å². The first-order valence-electron chi connectivity index (χ1n) is 10.6. The molecule has 3 aromatic rings. The summed E-state index contributed by atoms with van der Waals surface area (Å²) in [5.74, 6) is 0.532. The van der Waals surface area contributed by atoms with Crippen molar-refractivity contribution in [1.82, 2.24) is 0 Å². The van der Waals surface area contributed by atoms with Gasteiger partial charge in [-0.05, 0) is 76.2 Å². The van der Waals surface area contributed by atoms with E-state index in [1.54, 1.807) is 23.3 Å². The first-order chi connectivity index (χ1) is 14.4. The fourth-order valence-electron chi connectivity index (χ4n) is 4.92. The second-order valence-corrected chi connectivity index (χ2v) is 8.29. The Morgan fingerprint density at radius 1 is 0.900 bits per heavy atom. The van der Waals surface area contributed by atoms with Crippen molar-refractivity contribution in [3.8, 4) is 11.1 Å². The van der Waals surface area contributed by atoms with Crippen molar-refractivity contribution in [2.24, 2.45) is 5.92 Å². The normalized spacial score (nSPS) is 18.5. The molecule has 0 heterocycles.